The second-order valence-electron chi connectivity index (χ2n) is 5.52. The number of aryl methyl sites for hydroxylation is 1. The minimum atomic E-state index is -0.0996. The summed E-state index contributed by atoms with van der Waals surface area (Å²) in [6, 6.07) is 7.58. The minimum absolute atomic E-state index is 0.0996. The fraction of sp³-hybridized carbons (Fsp3) is 0.353. The van der Waals surface area contributed by atoms with Gasteiger partial charge in [-0.1, -0.05) is 13.0 Å². The molecule has 5 heteroatoms. The van der Waals surface area contributed by atoms with E-state index in [0.717, 1.165) is 17.5 Å². The predicted octanol–water partition coefficient (Wildman–Crippen LogP) is 2.54. The van der Waals surface area contributed by atoms with Crippen LogP contribution in [0, 0.1) is 11.3 Å². The van der Waals surface area contributed by atoms with E-state index in [1.807, 2.05) is 25.5 Å². The molecule has 0 aliphatic carbocycles. The van der Waals surface area contributed by atoms with E-state index in [2.05, 4.69) is 18.1 Å². The SMILES string of the molecule is CCC(c1cnn(C)c1)c1ccc(C(=O)N(C)C)cc1C#N. The molecule has 0 fully saturated rings. The number of aromatic nitrogens is 2. The van der Waals surface area contributed by atoms with Crippen LogP contribution in [0.1, 0.15) is 46.3 Å². The lowest BCUT2D eigenvalue weighted by molar-refractivity contribution is 0.0827. The van der Waals surface area contributed by atoms with Gasteiger partial charge in [0.05, 0.1) is 17.8 Å². The number of benzene rings is 1. The van der Waals surface area contributed by atoms with Crippen LogP contribution in [0.4, 0.5) is 0 Å². The van der Waals surface area contributed by atoms with Crippen molar-refractivity contribution in [2.75, 3.05) is 14.1 Å². The van der Waals surface area contributed by atoms with E-state index in [4.69, 9.17) is 0 Å². The highest BCUT2D eigenvalue weighted by Gasteiger charge is 2.19. The van der Waals surface area contributed by atoms with Crippen molar-refractivity contribution in [1.82, 2.24) is 14.7 Å². The fourth-order valence-electron chi connectivity index (χ4n) is 2.60. The number of hydrogen-bond donors (Lipinski definition) is 0. The van der Waals surface area contributed by atoms with Crippen LogP contribution in [-0.2, 0) is 7.05 Å². The maximum atomic E-state index is 12.0. The molecule has 0 saturated carbocycles. The van der Waals surface area contributed by atoms with Crippen LogP contribution in [0.3, 0.4) is 0 Å². The highest BCUT2D eigenvalue weighted by Crippen LogP contribution is 2.30. The second kappa shape index (κ2) is 6.44. The van der Waals surface area contributed by atoms with E-state index in [1.54, 1.807) is 30.9 Å². The Balaban J connectivity index is 2.46. The van der Waals surface area contributed by atoms with Crippen molar-refractivity contribution in [3.63, 3.8) is 0 Å². The number of carbonyl (C=O) groups excluding carboxylic acids is 1. The maximum Gasteiger partial charge on any atom is 0.253 e. The quantitative estimate of drug-likeness (QED) is 0.871. The van der Waals surface area contributed by atoms with E-state index in [-0.39, 0.29) is 11.8 Å². The zero-order valence-corrected chi connectivity index (χ0v) is 13.4. The Morgan fingerprint density at radius 1 is 1.45 bits per heavy atom. The second-order valence-corrected chi connectivity index (χ2v) is 5.52. The average molecular weight is 296 g/mol. The van der Waals surface area contributed by atoms with E-state index >= 15 is 0 Å². The molecule has 0 bridgehead atoms. The van der Waals surface area contributed by atoms with Crippen LogP contribution in [-0.4, -0.2) is 34.7 Å². The van der Waals surface area contributed by atoms with Crippen molar-refractivity contribution in [3.05, 3.63) is 52.8 Å². The third kappa shape index (κ3) is 3.01. The van der Waals surface area contributed by atoms with E-state index < -0.39 is 0 Å². The molecule has 0 aliphatic heterocycles. The average Bonchev–Trinajstić information content (AvgIpc) is 2.93. The molecule has 2 aromatic rings. The summed E-state index contributed by atoms with van der Waals surface area (Å²) in [7, 11) is 5.28. The van der Waals surface area contributed by atoms with Gasteiger partial charge in [0.15, 0.2) is 0 Å². The van der Waals surface area contributed by atoms with Crippen LogP contribution in [0.5, 0.6) is 0 Å². The molecule has 0 N–H and O–H groups in total. The Labute approximate surface area is 130 Å². The molecule has 1 unspecified atom stereocenters. The lowest BCUT2D eigenvalue weighted by Gasteiger charge is -2.17. The Morgan fingerprint density at radius 2 is 2.18 bits per heavy atom. The van der Waals surface area contributed by atoms with E-state index in [0.29, 0.717) is 11.1 Å². The standard InChI is InChI=1S/C17H20N4O/c1-5-15(14-10-19-21(4)11-14)16-7-6-12(8-13(16)9-18)17(22)20(2)3/h6-8,10-11,15H,5H2,1-4H3. The Morgan fingerprint density at radius 3 is 2.68 bits per heavy atom. The summed E-state index contributed by atoms with van der Waals surface area (Å²) in [4.78, 5) is 13.5. The summed E-state index contributed by atoms with van der Waals surface area (Å²) in [6.07, 6.45) is 4.66. The summed E-state index contributed by atoms with van der Waals surface area (Å²) in [6.45, 7) is 2.08. The van der Waals surface area contributed by atoms with Crippen LogP contribution < -0.4 is 0 Å². The monoisotopic (exact) mass is 296 g/mol. The fourth-order valence-corrected chi connectivity index (χ4v) is 2.60. The maximum absolute atomic E-state index is 12.0. The zero-order chi connectivity index (χ0) is 16.3. The van der Waals surface area contributed by atoms with E-state index in [1.165, 1.54) is 4.90 Å². The molecule has 0 saturated heterocycles. The van der Waals surface area contributed by atoms with Crippen molar-refractivity contribution in [3.8, 4) is 6.07 Å². The van der Waals surface area contributed by atoms with Gasteiger partial charge in [0.25, 0.3) is 5.91 Å². The number of hydrogen-bond acceptors (Lipinski definition) is 3. The third-order valence-corrected chi connectivity index (χ3v) is 3.74. The summed E-state index contributed by atoms with van der Waals surface area (Å²) in [5.74, 6) is 0.00401. The van der Waals surface area contributed by atoms with Gasteiger partial charge in [-0.25, -0.2) is 0 Å². The number of nitriles is 1. The summed E-state index contributed by atoms with van der Waals surface area (Å²) in [5.41, 5.74) is 3.09. The van der Waals surface area contributed by atoms with Crippen molar-refractivity contribution >= 4 is 5.91 Å². The molecule has 0 spiro atoms. The van der Waals surface area contributed by atoms with Crippen LogP contribution in [0.15, 0.2) is 30.6 Å². The van der Waals surface area contributed by atoms with Gasteiger partial charge in [-0.3, -0.25) is 9.48 Å². The molecule has 0 radical (unpaired) electrons. The van der Waals surface area contributed by atoms with Gasteiger partial charge in [-0.15, -0.1) is 0 Å². The van der Waals surface area contributed by atoms with Gasteiger partial charge in [-0.05, 0) is 29.7 Å². The first-order chi connectivity index (χ1) is 10.5. The highest BCUT2D eigenvalue weighted by molar-refractivity contribution is 5.94. The van der Waals surface area contributed by atoms with Crippen molar-refractivity contribution in [2.24, 2.45) is 7.05 Å². The topological polar surface area (TPSA) is 61.9 Å². The van der Waals surface area contributed by atoms with Crippen molar-refractivity contribution < 1.29 is 4.79 Å². The number of carbonyl (C=O) groups is 1. The smallest absolute Gasteiger partial charge is 0.253 e. The molecule has 1 atom stereocenters. The molecular formula is C17H20N4O. The summed E-state index contributed by atoms with van der Waals surface area (Å²) < 4.78 is 1.76. The summed E-state index contributed by atoms with van der Waals surface area (Å²) >= 11 is 0. The normalized spacial score (nSPS) is 11.8. The molecule has 5 nitrogen and oxygen atoms in total. The molecule has 22 heavy (non-hydrogen) atoms. The zero-order valence-electron chi connectivity index (χ0n) is 13.4. The molecular weight excluding hydrogens is 276 g/mol. The Bertz CT molecular complexity index is 725. The van der Waals surface area contributed by atoms with Gasteiger partial charge in [0.1, 0.15) is 0 Å². The first-order valence-corrected chi connectivity index (χ1v) is 7.22. The predicted molar refractivity (Wildman–Crippen MR) is 84.5 cm³/mol. The van der Waals surface area contributed by atoms with Gasteiger partial charge in [0, 0.05) is 38.8 Å². The Kier molecular flexibility index (Phi) is 4.62. The molecule has 0 aliphatic rings. The Hall–Kier alpha value is -2.61. The first kappa shape index (κ1) is 15.8. The molecule has 114 valence electrons. The number of rotatable bonds is 4. The molecule has 1 aromatic carbocycles. The molecule has 1 heterocycles. The number of amides is 1. The summed E-state index contributed by atoms with van der Waals surface area (Å²) in [5, 5.41) is 13.7. The van der Waals surface area contributed by atoms with E-state index in [9.17, 15) is 10.1 Å². The molecule has 1 aromatic heterocycles. The lowest BCUT2D eigenvalue weighted by atomic mass is 9.87. The van der Waals surface area contributed by atoms with Crippen LogP contribution >= 0.6 is 0 Å². The first-order valence-electron chi connectivity index (χ1n) is 7.22. The van der Waals surface area contributed by atoms with Crippen molar-refractivity contribution in [1.29, 1.82) is 5.26 Å². The highest BCUT2D eigenvalue weighted by atomic mass is 16.2. The van der Waals surface area contributed by atoms with Gasteiger partial charge in [0.2, 0.25) is 0 Å². The van der Waals surface area contributed by atoms with Gasteiger partial charge in [-0.2, -0.15) is 10.4 Å². The van der Waals surface area contributed by atoms with Gasteiger partial charge < -0.3 is 4.90 Å². The molecule has 2 rings (SSSR count). The minimum Gasteiger partial charge on any atom is -0.345 e. The van der Waals surface area contributed by atoms with Crippen molar-refractivity contribution in [2.45, 2.75) is 19.3 Å². The molecule has 1 amide bonds. The lowest BCUT2D eigenvalue weighted by Crippen LogP contribution is -2.21. The number of nitrogens with zero attached hydrogens (tertiary/aromatic N) is 4. The van der Waals surface area contributed by atoms with Gasteiger partial charge >= 0.3 is 0 Å². The van der Waals surface area contributed by atoms with Crippen LogP contribution in [0.25, 0.3) is 0 Å². The largest absolute Gasteiger partial charge is 0.345 e. The third-order valence-electron chi connectivity index (χ3n) is 3.74. The van der Waals surface area contributed by atoms with Crippen LogP contribution in [0.2, 0.25) is 0 Å².